The van der Waals surface area contributed by atoms with Crippen molar-refractivity contribution in [2.45, 2.75) is 59.4 Å². The molecule has 2 rings (SSSR count). The van der Waals surface area contributed by atoms with Crippen molar-refractivity contribution in [3.63, 3.8) is 0 Å². The number of carbonyl (C=O) groups is 2. The van der Waals surface area contributed by atoms with Crippen molar-refractivity contribution in [1.82, 2.24) is 9.80 Å². The largest absolute Gasteiger partial charge is 0.343 e. The minimum atomic E-state index is -0.0146. The molecule has 1 aromatic rings. The molecule has 1 aliphatic heterocycles. The van der Waals surface area contributed by atoms with Crippen LogP contribution in [0.5, 0.6) is 0 Å². The van der Waals surface area contributed by atoms with E-state index < -0.39 is 0 Å². The van der Waals surface area contributed by atoms with Gasteiger partial charge in [0.25, 0.3) is 0 Å². The number of aryl methyl sites for hydroxylation is 1. The molecule has 1 aliphatic rings. The van der Waals surface area contributed by atoms with E-state index in [-0.39, 0.29) is 11.8 Å². The molecule has 0 radical (unpaired) electrons. The molecule has 1 N–H and O–H groups in total. The van der Waals surface area contributed by atoms with Crippen LogP contribution in [0, 0.1) is 6.92 Å². The van der Waals surface area contributed by atoms with E-state index in [1.165, 1.54) is 17.1 Å². The zero-order valence-corrected chi connectivity index (χ0v) is 19.2. The second kappa shape index (κ2) is 12.9. The van der Waals surface area contributed by atoms with E-state index in [9.17, 15) is 9.59 Å². The number of rotatable bonds is 11. The Labute approximate surface area is 180 Å². The summed E-state index contributed by atoms with van der Waals surface area (Å²) in [6.07, 6.45) is 3.36. The molecule has 162 valence electrons. The van der Waals surface area contributed by atoms with Crippen molar-refractivity contribution >= 4 is 29.3 Å². The van der Waals surface area contributed by atoms with Crippen LogP contribution < -0.4 is 5.32 Å². The highest BCUT2D eigenvalue weighted by molar-refractivity contribution is 7.99. The molecular formula is C23H37N3O2S. The lowest BCUT2D eigenvalue weighted by atomic mass is 10.1. The predicted octanol–water partition coefficient (Wildman–Crippen LogP) is 4.30. The molecule has 1 fully saturated rings. The molecule has 0 saturated carbocycles. The van der Waals surface area contributed by atoms with Gasteiger partial charge in [-0.05, 0) is 43.4 Å². The van der Waals surface area contributed by atoms with Gasteiger partial charge in [0.15, 0.2) is 0 Å². The smallest absolute Gasteiger partial charge is 0.224 e. The first-order chi connectivity index (χ1) is 14.0. The van der Waals surface area contributed by atoms with Gasteiger partial charge in [-0.1, -0.05) is 26.0 Å². The highest BCUT2D eigenvalue weighted by Crippen LogP contribution is 2.20. The predicted molar refractivity (Wildman–Crippen MR) is 123 cm³/mol. The van der Waals surface area contributed by atoms with Crippen LogP contribution in [0.1, 0.15) is 57.1 Å². The zero-order valence-electron chi connectivity index (χ0n) is 18.3. The van der Waals surface area contributed by atoms with E-state index in [0.717, 1.165) is 56.8 Å². The Morgan fingerprint density at radius 3 is 2.41 bits per heavy atom. The summed E-state index contributed by atoms with van der Waals surface area (Å²) in [5.41, 5.74) is 3.26. The fraction of sp³-hybridized carbons (Fsp3) is 0.652. The first kappa shape index (κ1) is 23.7. The van der Waals surface area contributed by atoms with Crippen LogP contribution in [-0.2, 0) is 16.1 Å². The van der Waals surface area contributed by atoms with E-state index in [4.69, 9.17) is 0 Å². The normalized spacial score (nSPS) is 14.6. The summed E-state index contributed by atoms with van der Waals surface area (Å²) in [4.78, 5) is 29.0. The summed E-state index contributed by atoms with van der Waals surface area (Å²) in [7, 11) is 0. The maximum atomic E-state index is 12.3. The average molecular weight is 420 g/mol. The van der Waals surface area contributed by atoms with Gasteiger partial charge in [-0.25, -0.2) is 0 Å². The van der Waals surface area contributed by atoms with Gasteiger partial charge in [0.2, 0.25) is 11.8 Å². The van der Waals surface area contributed by atoms with Crippen LogP contribution in [0.3, 0.4) is 0 Å². The molecule has 0 aromatic heterocycles. The molecule has 2 amide bonds. The lowest BCUT2D eigenvalue weighted by Gasteiger charge is -2.26. The van der Waals surface area contributed by atoms with Gasteiger partial charge < -0.3 is 10.2 Å². The lowest BCUT2D eigenvalue weighted by Crippen LogP contribution is -2.32. The first-order valence-corrected chi connectivity index (χ1v) is 12.2. The van der Waals surface area contributed by atoms with Crippen molar-refractivity contribution in [1.29, 1.82) is 0 Å². The van der Waals surface area contributed by atoms with Gasteiger partial charge in [-0.2, -0.15) is 11.8 Å². The third kappa shape index (κ3) is 8.39. The van der Waals surface area contributed by atoms with Gasteiger partial charge in [0, 0.05) is 62.8 Å². The highest BCUT2D eigenvalue weighted by atomic mass is 32.2. The van der Waals surface area contributed by atoms with Crippen molar-refractivity contribution in [2.75, 3.05) is 43.0 Å². The Bertz CT molecular complexity index is 654. The number of nitrogens with zero attached hydrogens (tertiary/aromatic N) is 2. The van der Waals surface area contributed by atoms with Gasteiger partial charge in [-0.3, -0.25) is 14.5 Å². The third-order valence-electron chi connectivity index (χ3n) is 5.21. The molecule has 6 heteroatoms. The Balaban J connectivity index is 1.77. The number of benzene rings is 1. The van der Waals surface area contributed by atoms with Gasteiger partial charge in [0.05, 0.1) is 0 Å². The number of nitrogens with one attached hydrogen (secondary N) is 1. The van der Waals surface area contributed by atoms with E-state index >= 15 is 0 Å². The molecule has 1 saturated heterocycles. The Morgan fingerprint density at radius 1 is 1.10 bits per heavy atom. The highest BCUT2D eigenvalue weighted by Gasteiger charge is 2.14. The number of carbonyl (C=O) groups excluding carboxylic acids is 2. The van der Waals surface area contributed by atoms with E-state index in [1.807, 2.05) is 29.7 Å². The summed E-state index contributed by atoms with van der Waals surface area (Å²) in [6, 6.07) is 6.30. The molecule has 0 aliphatic carbocycles. The van der Waals surface area contributed by atoms with Crippen LogP contribution in [0.4, 0.5) is 5.69 Å². The van der Waals surface area contributed by atoms with Crippen molar-refractivity contribution in [2.24, 2.45) is 0 Å². The summed E-state index contributed by atoms with van der Waals surface area (Å²) >= 11 is 2.02. The fourth-order valence-corrected chi connectivity index (χ4v) is 4.63. The molecule has 0 bridgehead atoms. The van der Waals surface area contributed by atoms with Crippen molar-refractivity contribution in [3.05, 3.63) is 29.3 Å². The lowest BCUT2D eigenvalue weighted by molar-refractivity contribution is -0.131. The quantitative estimate of drug-likeness (QED) is 0.581. The summed E-state index contributed by atoms with van der Waals surface area (Å²) in [5.74, 6) is 2.58. The van der Waals surface area contributed by atoms with Crippen LogP contribution in [0.2, 0.25) is 0 Å². The Morgan fingerprint density at radius 2 is 1.79 bits per heavy atom. The minimum absolute atomic E-state index is 0.0146. The van der Waals surface area contributed by atoms with Gasteiger partial charge in [-0.15, -0.1) is 0 Å². The monoisotopic (exact) mass is 419 g/mol. The Kier molecular flexibility index (Phi) is 10.6. The molecule has 0 spiro atoms. The molecular weight excluding hydrogens is 382 g/mol. The number of thioether (sulfide) groups is 1. The molecule has 0 unspecified atom stereocenters. The topological polar surface area (TPSA) is 52.7 Å². The third-order valence-corrected chi connectivity index (χ3v) is 6.15. The molecule has 5 nitrogen and oxygen atoms in total. The van der Waals surface area contributed by atoms with Crippen LogP contribution >= 0.6 is 11.8 Å². The second-order valence-electron chi connectivity index (χ2n) is 7.82. The number of hydrogen-bond acceptors (Lipinski definition) is 4. The van der Waals surface area contributed by atoms with Crippen LogP contribution in [-0.4, -0.2) is 59.3 Å². The fourth-order valence-electron chi connectivity index (χ4n) is 3.65. The molecule has 1 heterocycles. The first-order valence-electron chi connectivity index (χ1n) is 11.0. The summed E-state index contributed by atoms with van der Waals surface area (Å²) in [6.45, 7) is 11.1. The number of anilines is 1. The van der Waals surface area contributed by atoms with Crippen molar-refractivity contribution in [3.8, 4) is 0 Å². The van der Waals surface area contributed by atoms with Crippen LogP contribution in [0.15, 0.2) is 18.2 Å². The molecule has 29 heavy (non-hydrogen) atoms. The second-order valence-corrected chi connectivity index (χ2v) is 9.05. The van der Waals surface area contributed by atoms with E-state index in [0.29, 0.717) is 19.3 Å². The van der Waals surface area contributed by atoms with Crippen molar-refractivity contribution < 1.29 is 9.59 Å². The SMILES string of the molecule is CCCN(CCC)C(=O)CCCC(=O)Nc1ccc(CN2CCSCC2)cc1C. The maximum absolute atomic E-state index is 12.3. The van der Waals surface area contributed by atoms with Crippen LogP contribution in [0.25, 0.3) is 0 Å². The zero-order chi connectivity index (χ0) is 21.1. The van der Waals surface area contributed by atoms with Gasteiger partial charge in [0.1, 0.15) is 0 Å². The number of amides is 2. The number of hydrogen-bond donors (Lipinski definition) is 1. The maximum Gasteiger partial charge on any atom is 0.224 e. The van der Waals surface area contributed by atoms with E-state index in [1.54, 1.807) is 0 Å². The molecule has 1 aromatic carbocycles. The minimum Gasteiger partial charge on any atom is -0.343 e. The van der Waals surface area contributed by atoms with E-state index in [2.05, 4.69) is 36.2 Å². The summed E-state index contributed by atoms with van der Waals surface area (Å²) in [5, 5.41) is 3.01. The van der Waals surface area contributed by atoms with Gasteiger partial charge >= 0.3 is 0 Å². The standard InChI is InChI=1S/C23H37N3O2S/c1-4-11-26(12-5-2)23(28)8-6-7-22(27)24-21-10-9-20(17-19(21)3)18-25-13-15-29-16-14-25/h9-10,17H,4-8,11-16,18H2,1-3H3,(H,24,27). The molecule has 0 atom stereocenters. The Hall–Kier alpha value is -1.53. The average Bonchev–Trinajstić information content (AvgIpc) is 2.70. The summed E-state index contributed by atoms with van der Waals surface area (Å²) < 4.78 is 0.